The van der Waals surface area contributed by atoms with Crippen molar-refractivity contribution in [1.82, 2.24) is 10.2 Å². The summed E-state index contributed by atoms with van der Waals surface area (Å²) in [5.74, 6) is 0.316. The molecule has 1 fully saturated rings. The van der Waals surface area contributed by atoms with Crippen molar-refractivity contribution in [3.05, 3.63) is 23.2 Å². The third kappa shape index (κ3) is 5.56. The Morgan fingerprint density at radius 2 is 1.97 bits per heavy atom. The molecule has 2 heterocycles. The molecule has 0 aromatic heterocycles. The fourth-order valence-electron chi connectivity index (χ4n) is 3.72. The van der Waals surface area contributed by atoms with E-state index in [1.54, 1.807) is 34.9 Å². The van der Waals surface area contributed by atoms with Crippen LogP contribution >= 0.6 is 11.6 Å². The van der Waals surface area contributed by atoms with Gasteiger partial charge in [0, 0.05) is 37.0 Å². The van der Waals surface area contributed by atoms with Gasteiger partial charge < -0.3 is 24.6 Å². The lowest BCUT2D eigenvalue weighted by Crippen LogP contribution is -2.47. The molecule has 0 aliphatic carbocycles. The van der Waals surface area contributed by atoms with Crippen molar-refractivity contribution < 1.29 is 23.9 Å². The van der Waals surface area contributed by atoms with E-state index in [0.717, 1.165) is 0 Å². The molecule has 8 nitrogen and oxygen atoms in total. The van der Waals surface area contributed by atoms with Crippen LogP contribution < -0.4 is 15.0 Å². The number of hydrogen-bond donors (Lipinski definition) is 1. The molecule has 1 aromatic rings. The van der Waals surface area contributed by atoms with Gasteiger partial charge in [0.15, 0.2) is 0 Å². The average molecular weight is 438 g/mol. The maximum Gasteiger partial charge on any atom is 0.409 e. The van der Waals surface area contributed by atoms with Gasteiger partial charge in [-0.05, 0) is 44.9 Å². The molecule has 0 spiro atoms. The van der Waals surface area contributed by atoms with Gasteiger partial charge in [0.05, 0.1) is 18.8 Å². The fraction of sp³-hybridized carbons (Fsp3) is 0.571. The monoisotopic (exact) mass is 437 g/mol. The lowest BCUT2D eigenvalue weighted by atomic mass is 10.0. The van der Waals surface area contributed by atoms with Crippen molar-refractivity contribution in [2.75, 3.05) is 31.1 Å². The molecular formula is C21H28ClN3O5. The summed E-state index contributed by atoms with van der Waals surface area (Å²) in [5.41, 5.74) is 0.636. The number of rotatable bonds is 5. The van der Waals surface area contributed by atoms with Crippen LogP contribution in [0.15, 0.2) is 18.2 Å². The second kappa shape index (κ2) is 10.0. The number of hydrogen-bond acceptors (Lipinski definition) is 5. The minimum absolute atomic E-state index is 0.00113. The zero-order valence-electron chi connectivity index (χ0n) is 17.4. The van der Waals surface area contributed by atoms with Crippen molar-refractivity contribution in [2.45, 2.75) is 51.7 Å². The lowest BCUT2D eigenvalue weighted by Gasteiger charge is -2.34. The van der Waals surface area contributed by atoms with Gasteiger partial charge in [-0.1, -0.05) is 11.6 Å². The molecule has 1 saturated heterocycles. The molecule has 2 aliphatic heterocycles. The highest BCUT2D eigenvalue weighted by Gasteiger charge is 2.29. The average Bonchev–Trinajstić information content (AvgIpc) is 2.72. The number of amides is 3. The Hall–Kier alpha value is -2.48. The number of fused-ring (bicyclic) bond motifs is 1. The molecule has 0 bridgehead atoms. The fourth-order valence-corrected chi connectivity index (χ4v) is 3.89. The molecule has 0 unspecified atom stereocenters. The predicted molar refractivity (Wildman–Crippen MR) is 113 cm³/mol. The Morgan fingerprint density at radius 1 is 1.23 bits per heavy atom. The Morgan fingerprint density at radius 3 is 2.67 bits per heavy atom. The summed E-state index contributed by atoms with van der Waals surface area (Å²) >= 11 is 6.08. The summed E-state index contributed by atoms with van der Waals surface area (Å²) in [6.07, 6.45) is 1.11. The topological polar surface area (TPSA) is 88.2 Å². The molecule has 3 amide bonds. The molecule has 3 rings (SSSR count). The summed E-state index contributed by atoms with van der Waals surface area (Å²) in [5, 5.41) is 3.50. The van der Waals surface area contributed by atoms with Gasteiger partial charge in [0.1, 0.15) is 11.9 Å². The SMILES string of the molecule is CCOC(=O)N1CCC(NC(=O)CCC(=O)N2C[C@H](C)Oc3ccc(Cl)cc32)CC1. The molecule has 1 aromatic carbocycles. The van der Waals surface area contributed by atoms with E-state index in [1.807, 2.05) is 6.92 Å². The smallest absolute Gasteiger partial charge is 0.409 e. The van der Waals surface area contributed by atoms with E-state index in [-0.39, 0.29) is 42.9 Å². The van der Waals surface area contributed by atoms with E-state index in [4.69, 9.17) is 21.1 Å². The molecule has 1 N–H and O–H groups in total. The van der Waals surface area contributed by atoms with E-state index >= 15 is 0 Å². The Labute approximate surface area is 181 Å². The van der Waals surface area contributed by atoms with Gasteiger partial charge in [-0.2, -0.15) is 0 Å². The number of anilines is 1. The predicted octanol–water partition coefficient (Wildman–Crippen LogP) is 2.97. The number of nitrogens with one attached hydrogen (secondary N) is 1. The number of carbonyl (C=O) groups excluding carboxylic acids is 3. The van der Waals surface area contributed by atoms with Crippen molar-refractivity contribution in [3.8, 4) is 5.75 Å². The summed E-state index contributed by atoms with van der Waals surface area (Å²) < 4.78 is 10.8. The first-order chi connectivity index (χ1) is 14.4. The third-order valence-electron chi connectivity index (χ3n) is 5.23. The van der Waals surface area contributed by atoms with Crippen molar-refractivity contribution in [1.29, 1.82) is 0 Å². The number of benzene rings is 1. The second-order valence-corrected chi connectivity index (χ2v) is 8.01. The van der Waals surface area contributed by atoms with E-state index < -0.39 is 0 Å². The van der Waals surface area contributed by atoms with Gasteiger partial charge in [-0.15, -0.1) is 0 Å². The Balaban J connectivity index is 1.47. The number of likely N-dealkylation sites (tertiary alicyclic amines) is 1. The zero-order chi connectivity index (χ0) is 21.7. The number of carbonyl (C=O) groups is 3. The van der Waals surface area contributed by atoms with Crippen LogP contribution in [0.5, 0.6) is 5.75 Å². The molecule has 30 heavy (non-hydrogen) atoms. The highest BCUT2D eigenvalue weighted by atomic mass is 35.5. The molecule has 164 valence electrons. The maximum atomic E-state index is 12.8. The second-order valence-electron chi connectivity index (χ2n) is 7.57. The summed E-state index contributed by atoms with van der Waals surface area (Å²) in [7, 11) is 0. The van der Waals surface area contributed by atoms with Gasteiger partial charge in [-0.3, -0.25) is 9.59 Å². The van der Waals surface area contributed by atoms with Crippen molar-refractivity contribution >= 4 is 35.2 Å². The van der Waals surface area contributed by atoms with Crippen molar-refractivity contribution in [2.24, 2.45) is 0 Å². The van der Waals surface area contributed by atoms with Crippen LogP contribution in [0.2, 0.25) is 5.02 Å². The zero-order valence-corrected chi connectivity index (χ0v) is 18.1. The number of halogens is 1. The minimum Gasteiger partial charge on any atom is -0.487 e. The van der Waals surface area contributed by atoms with Crippen LogP contribution in [0.4, 0.5) is 10.5 Å². The van der Waals surface area contributed by atoms with Crippen LogP contribution in [0, 0.1) is 0 Å². The van der Waals surface area contributed by atoms with Crippen LogP contribution in [-0.2, 0) is 14.3 Å². The van der Waals surface area contributed by atoms with E-state index in [9.17, 15) is 14.4 Å². The quantitative estimate of drug-likeness (QED) is 0.765. The van der Waals surface area contributed by atoms with Crippen molar-refractivity contribution in [3.63, 3.8) is 0 Å². The normalized spacial score (nSPS) is 19.0. The van der Waals surface area contributed by atoms with Crippen LogP contribution in [0.3, 0.4) is 0 Å². The largest absolute Gasteiger partial charge is 0.487 e. The first kappa shape index (κ1) is 22.2. The summed E-state index contributed by atoms with van der Waals surface area (Å²) in [6.45, 7) is 5.53. The highest BCUT2D eigenvalue weighted by molar-refractivity contribution is 6.31. The third-order valence-corrected chi connectivity index (χ3v) is 5.47. The number of piperidine rings is 1. The van der Waals surface area contributed by atoms with Gasteiger partial charge >= 0.3 is 6.09 Å². The molecule has 1 atom stereocenters. The minimum atomic E-state index is -0.312. The molecule has 2 aliphatic rings. The van der Waals surface area contributed by atoms with E-state index in [1.165, 1.54) is 0 Å². The van der Waals surface area contributed by atoms with Crippen LogP contribution in [0.1, 0.15) is 39.5 Å². The number of nitrogens with zero attached hydrogens (tertiary/aromatic N) is 2. The van der Waals surface area contributed by atoms with Crippen LogP contribution in [-0.4, -0.2) is 61.2 Å². The first-order valence-electron chi connectivity index (χ1n) is 10.3. The lowest BCUT2D eigenvalue weighted by molar-refractivity contribution is -0.126. The molecule has 0 saturated carbocycles. The number of ether oxygens (including phenoxy) is 2. The van der Waals surface area contributed by atoms with Gasteiger partial charge in [-0.25, -0.2) is 4.79 Å². The van der Waals surface area contributed by atoms with Crippen LogP contribution in [0.25, 0.3) is 0 Å². The summed E-state index contributed by atoms with van der Waals surface area (Å²) in [4.78, 5) is 40.2. The standard InChI is InChI=1S/C21H28ClN3O5/c1-3-29-21(28)24-10-8-16(9-11-24)23-19(26)6-7-20(27)25-13-14(2)30-18-5-4-15(22)12-17(18)25/h4-5,12,14,16H,3,6-11,13H2,1-2H3,(H,23,26)/t14-/m0/s1. The van der Waals surface area contributed by atoms with Gasteiger partial charge in [0.25, 0.3) is 0 Å². The van der Waals surface area contributed by atoms with Gasteiger partial charge in [0.2, 0.25) is 11.8 Å². The molecular weight excluding hydrogens is 410 g/mol. The maximum absolute atomic E-state index is 12.8. The highest BCUT2D eigenvalue weighted by Crippen LogP contribution is 2.36. The Kier molecular flexibility index (Phi) is 7.42. The molecule has 0 radical (unpaired) electrons. The van der Waals surface area contributed by atoms with E-state index in [0.29, 0.717) is 55.5 Å². The Bertz CT molecular complexity index is 795. The first-order valence-corrected chi connectivity index (χ1v) is 10.7. The van der Waals surface area contributed by atoms with E-state index in [2.05, 4.69) is 5.32 Å². The molecule has 9 heteroatoms. The summed E-state index contributed by atoms with van der Waals surface area (Å²) in [6, 6.07) is 5.18.